The van der Waals surface area contributed by atoms with Crippen molar-refractivity contribution in [3.63, 3.8) is 0 Å². The molecule has 0 aromatic heterocycles. The third kappa shape index (κ3) is 2.58. The molecule has 0 bridgehead atoms. The van der Waals surface area contributed by atoms with E-state index < -0.39 is 6.29 Å². The molecule has 2 rings (SSSR count). The molecule has 92 valence electrons. The van der Waals surface area contributed by atoms with E-state index in [4.69, 9.17) is 9.57 Å². The molecule has 1 aliphatic rings. The van der Waals surface area contributed by atoms with Gasteiger partial charge < -0.3 is 9.57 Å². The summed E-state index contributed by atoms with van der Waals surface area (Å²) in [4.78, 5) is 5.60. The highest BCUT2D eigenvalue weighted by Crippen LogP contribution is 2.30. The number of hydrogen-bond donors (Lipinski definition) is 0. The molecule has 0 spiro atoms. The molecule has 0 fully saturated rings. The molecule has 1 aromatic rings. The summed E-state index contributed by atoms with van der Waals surface area (Å²) >= 11 is 0. The maximum atomic E-state index is 11.4. The minimum absolute atomic E-state index is 0.0269. The molecule has 0 aliphatic carbocycles. The fourth-order valence-corrected chi connectivity index (χ4v) is 2.08. The third-order valence-electron chi connectivity index (χ3n) is 3.00. The Labute approximate surface area is 101 Å². The second-order valence-corrected chi connectivity index (χ2v) is 4.16. The van der Waals surface area contributed by atoms with Gasteiger partial charge in [-0.1, -0.05) is 37.3 Å². The van der Waals surface area contributed by atoms with Crippen molar-refractivity contribution in [2.24, 2.45) is 5.92 Å². The van der Waals surface area contributed by atoms with Gasteiger partial charge in [0.25, 0.3) is 0 Å². The third-order valence-corrected chi connectivity index (χ3v) is 3.00. The zero-order valence-corrected chi connectivity index (χ0v) is 10.1. The summed E-state index contributed by atoms with van der Waals surface area (Å²) in [6, 6.07) is 9.93. The lowest BCUT2D eigenvalue weighted by atomic mass is 9.87. The van der Waals surface area contributed by atoms with Crippen LogP contribution in [0.4, 0.5) is 0 Å². The Bertz CT molecular complexity index is 391. The Morgan fingerprint density at radius 1 is 1.35 bits per heavy atom. The van der Waals surface area contributed by atoms with Gasteiger partial charge in [0.2, 0.25) is 6.21 Å². The second kappa shape index (κ2) is 5.19. The van der Waals surface area contributed by atoms with Crippen LogP contribution in [-0.2, 0) is 9.57 Å². The maximum absolute atomic E-state index is 11.4. The molecule has 3 atom stereocenters. The standard InChI is InChI=1S/C13H17NO3/c1-3-16-13-10(2)12(9-14(15)17-13)11-7-5-4-6-8-11/h4-10,12-13H,3H2,1-2H3/t10-,12+,13-/m1/s1. The van der Waals surface area contributed by atoms with Crippen molar-refractivity contribution in [3.8, 4) is 0 Å². The summed E-state index contributed by atoms with van der Waals surface area (Å²) in [5.74, 6) is 0.140. The smallest absolute Gasteiger partial charge is 0.218 e. The van der Waals surface area contributed by atoms with E-state index in [9.17, 15) is 5.21 Å². The van der Waals surface area contributed by atoms with Gasteiger partial charge in [-0.2, -0.15) is 0 Å². The van der Waals surface area contributed by atoms with Gasteiger partial charge >= 0.3 is 0 Å². The molecule has 0 N–H and O–H groups in total. The lowest BCUT2D eigenvalue weighted by Gasteiger charge is -2.32. The molecular formula is C13H17NO3. The zero-order valence-electron chi connectivity index (χ0n) is 10.1. The van der Waals surface area contributed by atoms with Crippen molar-refractivity contribution in [3.05, 3.63) is 41.1 Å². The maximum Gasteiger partial charge on any atom is 0.218 e. The molecule has 0 saturated heterocycles. The number of hydrogen-bond acceptors (Lipinski definition) is 3. The molecule has 1 aliphatic heterocycles. The number of benzene rings is 1. The highest BCUT2D eigenvalue weighted by atomic mass is 16.9. The summed E-state index contributed by atoms with van der Waals surface area (Å²) in [5.41, 5.74) is 1.11. The zero-order chi connectivity index (χ0) is 12.3. The van der Waals surface area contributed by atoms with Crippen LogP contribution in [0.5, 0.6) is 0 Å². The summed E-state index contributed by atoms with van der Waals surface area (Å²) in [7, 11) is 0. The fraction of sp³-hybridized carbons (Fsp3) is 0.462. The van der Waals surface area contributed by atoms with Gasteiger partial charge in [0.1, 0.15) is 0 Å². The van der Waals surface area contributed by atoms with Crippen LogP contribution in [0.2, 0.25) is 0 Å². The average molecular weight is 235 g/mol. The molecule has 4 heteroatoms. The van der Waals surface area contributed by atoms with Crippen LogP contribution in [0.15, 0.2) is 30.3 Å². The van der Waals surface area contributed by atoms with E-state index in [1.165, 1.54) is 0 Å². The largest absolute Gasteiger partial charge is 0.372 e. The second-order valence-electron chi connectivity index (χ2n) is 4.16. The van der Waals surface area contributed by atoms with Gasteiger partial charge in [0.05, 0.1) is 5.92 Å². The first kappa shape index (κ1) is 11.9. The van der Waals surface area contributed by atoms with Gasteiger partial charge in [0.15, 0.2) is 6.29 Å². The van der Waals surface area contributed by atoms with Gasteiger partial charge in [-0.25, -0.2) is 0 Å². The van der Waals surface area contributed by atoms with Crippen LogP contribution < -0.4 is 0 Å². The van der Waals surface area contributed by atoms with E-state index in [0.29, 0.717) is 11.5 Å². The Morgan fingerprint density at radius 3 is 2.71 bits per heavy atom. The van der Waals surface area contributed by atoms with Crippen molar-refractivity contribution >= 4 is 6.21 Å². The highest BCUT2D eigenvalue weighted by Gasteiger charge is 2.33. The van der Waals surface area contributed by atoms with Crippen LogP contribution in [0.25, 0.3) is 0 Å². The predicted molar refractivity (Wildman–Crippen MR) is 64.5 cm³/mol. The predicted octanol–water partition coefficient (Wildman–Crippen LogP) is 2.30. The van der Waals surface area contributed by atoms with Crippen LogP contribution >= 0.6 is 0 Å². The molecular weight excluding hydrogens is 218 g/mol. The lowest BCUT2D eigenvalue weighted by molar-refractivity contribution is -0.771. The fourth-order valence-electron chi connectivity index (χ4n) is 2.08. The van der Waals surface area contributed by atoms with Gasteiger partial charge in [-0.05, 0) is 12.5 Å². The Balaban J connectivity index is 2.24. The van der Waals surface area contributed by atoms with E-state index in [2.05, 4.69) is 0 Å². The Morgan fingerprint density at radius 2 is 2.06 bits per heavy atom. The van der Waals surface area contributed by atoms with Crippen molar-refractivity contribution in [2.75, 3.05) is 6.61 Å². The van der Waals surface area contributed by atoms with Crippen LogP contribution in [0.3, 0.4) is 0 Å². The monoisotopic (exact) mass is 235 g/mol. The van der Waals surface area contributed by atoms with E-state index >= 15 is 0 Å². The molecule has 1 aromatic carbocycles. The molecule has 0 unspecified atom stereocenters. The average Bonchev–Trinajstić information content (AvgIpc) is 2.35. The first-order valence-corrected chi connectivity index (χ1v) is 5.87. The van der Waals surface area contributed by atoms with Crippen molar-refractivity contribution < 1.29 is 14.5 Å². The molecule has 0 radical (unpaired) electrons. The lowest BCUT2D eigenvalue weighted by Crippen LogP contribution is -2.38. The van der Waals surface area contributed by atoms with E-state index in [1.807, 2.05) is 44.2 Å². The SMILES string of the molecule is CCO[C@@H]1O[N+]([O-])=C[C@H](c2ccccc2)[C@H]1C. The van der Waals surface area contributed by atoms with E-state index in [0.717, 1.165) is 5.56 Å². The Kier molecular flexibility index (Phi) is 3.64. The number of rotatable bonds is 3. The molecule has 4 nitrogen and oxygen atoms in total. The van der Waals surface area contributed by atoms with Crippen molar-refractivity contribution in [1.29, 1.82) is 0 Å². The quantitative estimate of drug-likeness (QED) is 0.755. The first-order valence-electron chi connectivity index (χ1n) is 5.87. The summed E-state index contributed by atoms with van der Waals surface area (Å²) in [6.45, 7) is 4.45. The molecule has 0 saturated carbocycles. The normalized spacial score (nSPS) is 28.4. The van der Waals surface area contributed by atoms with Gasteiger partial charge in [0, 0.05) is 17.4 Å². The minimum atomic E-state index is -0.479. The highest BCUT2D eigenvalue weighted by molar-refractivity contribution is 5.64. The van der Waals surface area contributed by atoms with E-state index in [1.54, 1.807) is 6.21 Å². The van der Waals surface area contributed by atoms with Crippen LogP contribution in [0, 0.1) is 11.1 Å². The van der Waals surface area contributed by atoms with Crippen LogP contribution in [0.1, 0.15) is 25.3 Å². The summed E-state index contributed by atoms with van der Waals surface area (Å²) < 4.78 is 5.43. The topological polar surface area (TPSA) is 44.5 Å². The Hall–Kier alpha value is -1.55. The first-order chi connectivity index (χ1) is 8.22. The van der Waals surface area contributed by atoms with Crippen molar-refractivity contribution in [2.45, 2.75) is 26.1 Å². The minimum Gasteiger partial charge on any atom is -0.372 e. The number of ether oxygens (including phenoxy) is 1. The van der Waals surface area contributed by atoms with Gasteiger partial charge in [-0.15, -0.1) is 0 Å². The molecule has 1 heterocycles. The summed E-state index contributed by atoms with van der Waals surface area (Å²) in [6.07, 6.45) is 1.07. The van der Waals surface area contributed by atoms with Crippen LogP contribution in [-0.4, -0.2) is 24.0 Å². The summed E-state index contributed by atoms with van der Waals surface area (Å²) in [5, 5.41) is 11.4. The molecule has 17 heavy (non-hydrogen) atoms. The molecule has 0 amide bonds. The van der Waals surface area contributed by atoms with E-state index in [-0.39, 0.29) is 11.8 Å². The van der Waals surface area contributed by atoms with Crippen molar-refractivity contribution in [1.82, 2.24) is 0 Å². The number of nitrogens with zero attached hydrogens (tertiary/aromatic N) is 1. The van der Waals surface area contributed by atoms with Gasteiger partial charge in [-0.3, -0.25) is 5.21 Å².